The Bertz CT molecular complexity index is 698. The normalized spacial score (nSPS) is 15.4. The first-order chi connectivity index (χ1) is 11.4. The van der Waals surface area contributed by atoms with E-state index in [0.29, 0.717) is 18.8 Å². The van der Waals surface area contributed by atoms with Crippen LogP contribution in [0.2, 0.25) is 0 Å². The molecule has 0 spiro atoms. The minimum Gasteiger partial charge on any atom is -0.452 e. The maximum atomic E-state index is 13.1. The van der Waals surface area contributed by atoms with E-state index >= 15 is 0 Å². The van der Waals surface area contributed by atoms with E-state index in [0.717, 1.165) is 19.3 Å². The van der Waals surface area contributed by atoms with Crippen LogP contribution >= 0.6 is 0 Å². The molecule has 0 unspecified atom stereocenters. The average Bonchev–Trinajstić information content (AvgIpc) is 2.57. The van der Waals surface area contributed by atoms with Crippen molar-refractivity contribution in [1.29, 1.82) is 0 Å². The highest BCUT2D eigenvalue weighted by molar-refractivity contribution is 5.56. The van der Waals surface area contributed by atoms with E-state index < -0.39 is 12.0 Å². The molecule has 0 bridgehead atoms. The molecule has 24 heavy (non-hydrogen) atoms. The van der Waals surface area contributed by atoms with Crippen molar-refractivity contribution >= 4 is 5.82 Å². The lowest BCUT2D eigenvalue weighted by atomic mass is 10.1. The van der Waals surface area contributed by atoms with E-state index in [1.54, 1.807) is 24.3 Å². The molecule has 1 aliphatic heterocycles. The van der Waals surface area contributed by atoms with Crippen LogP contribution in [0.1, 0.15) is 30.8 Å². The third kappa shape index (κ3) is 3.60. The van der Waals surface area contributed by atoms with Gasteiger partial charge in [-0.05, 0) is 38.3 Å². The third-order valence-corrected chi connectivity index (χ3v) is 3.89. The maximum absolute atomic E-state index is 13.1. The van der Waals surface area contributed by atoms with Gasteiger partial charge in [-0.2, -0.15) is 13.2 Å². The molecule has 1 aromatic carbocycles. The topological polar surface area (TPSA) is 38.2 Å². The molecule has 7 heteroatoms. The van der Waals surface area contributed by atoms with Gasteiger partial charge in [-0.25, -0.2) is 9.97 Å². The van der Waals surface area contributed by atoms with E-state index in [4.69, 9.17) is 4.74 Å². The molecule has 1 saturated heterocycles. The minimum atomic E-state index is -4.58. The maximum Gasteiger partial charge on any atom is 0.451 e. The highest BCUT2D eigenvalue weighted by Crippen LogP contribution is 2.37. The van der Waals surface area contributed by atoms with Gasteiger partial charge in [0.15, 0.2) is 11.6 Å². The number of aryl methyl sites for hydroxylation is 1. The second-order valence-electron chi connectivity index (χ2n) is 5.75. The summed E-state index contributed by atoms with van der Waals surface area (Å²) >= 11 is 0. The molecule has 2 aromatic rings. The summed E-state index contributed by atoms with van der Waals surface area (Å²) in [6.45, 7) is 2.85. The highest BCUT2D eigenvalue weighted by atomic mass is 19.4. The number of hydrogen-bond acceptors (Lipinski definition) is 4. The predicted molar refractivity (Wildman–Crippen MR) is 84.4 cm³/mol. The number of hydrogen-bond donors (Lipinski definition) is 0. The second-order valence-corrected chi connectivity index (χ2v) is 5.75. The van der Waals surface area contributed by atoms with Crippen molar-refractivity contribution in [2.75, 3.05) is 18.0 Å². The summed E-state index contributed by atoms with van der Waals surface area (Å²) in [6.07, 6.45) is -1.66. The van der Waals surface area contributed by atoms with Gasteiger partial charge in [0, 0.05) is 13.1 Å². The van der Waals surface area contributed by atoms with Crippen LogP contribution in [0.5, 0.6) is 11.5 Å². The molecule has 3 rings (SSSR count). The van der Waals surface area contributed by atoms with Gasteiger partial charge in [0.25, 0.3) is 0 Å². The molecule has 0 amide bonds. The van der Waals surface area contributed by atoms with Crippen LogP contribution in [0.3, 0.4) is 0 Å². The summed E-state index contributed by atoms with van der Waals surface area (Å²) in [7, 11) is 0. The van der Waals surface area contributed by atoms with E-state index in [-0.39, 0.29) is 17.3 Å². The van der Waals surface area contributed by atoms with Crippen molar-refractivity contribution in [3.63, 3.8) is 0 Å². The average molecular weight is 337 g/mol. The summed E-state index contributed by atoms with van der Waals surface area (Å²) < 4.78 is 45.1. The first kappa shape index (κ1) is 16.5. The minimum absolute atomic E-state index is 0.182. The molecule has 1 fully saturated rings. The summed E-state index contributed by atoms with van der Waals surface area (Å²) in [5.41, 5.74) is 0.182. The largest absolute Gasteiger partial charge is 0.452 e. The summed E-state index contributed by atoms with van der Waals surface area (Å²) in [6, 6.07) is 8.94. The summed E-state index contributed by atoms with van der Waals surface area (Å²) in [5, 5.41) is 0. The Morgan fingerprint density at radius 1 is 1.00 bits per heavy atom. The monoisotopic (exact) mass is 337 g/mol. The number of para-hydroxylation sites is 1. The molecule has 1 aromatic heterocycles. The standard InChI is InChI=1S/C17H18F3N3O/c1-12-14(24-13-8-4-2-5-9-13)15(23-10-6-3-7-11-23)22-16(21-12)17(18,19)20/h2,4-5,8-9H,3,6-7,10-11H2,1H3. The van der Waals surface area contributed by atoms with Crippen LogP contribution in [0.15, 0.2) is 30.3 Å². The number of ether oxygens (including phenoxy) is 1. The van der Waals surface area contributed by atoms with Crippen LogP contribution in [0.4, 0.5) is 19.0 Å². The smallest absolute Gasteiger partial charge is 0.451 e. The number of nitrogens with zero attached hydrogens (tertiary/aromatic N) is 3. The summed E-state index contributed by atoms with van der Waals surface area (Å²) in [5.74, 6) is -0.0716. The molecule has 0 radical (unpaired) electrons. The third-order valence-electron chi connectivity index (χ3n) is 3.89. The van der Waals surface area contributed by atoms with Gasteiger partial charge in [0.1, 0.15) is 5.75 Å². The number of benzene rings is 1. The van der Waals surface area contributed by atoms with Gasteiger partial charge in [-0.3, -0.25) is 0 Å². The van der Waals surface area contributed by atoms with E-state index in [9.17, 15) is 13.2 Å². The predicted octanol–water partition coefficient (Wildman–Crippen LogP) is 4.59. The quantitative estimate of drug-likeness (QED) is 0.821. The van der Waals surface area contributed by atoms with E-state index in [2.05, 4.69) is 9.97 Å². The van der Waals surface area contributed by atoms with E-state index in [1.807, 2.05) is 11.0 Å². The Morgan fingerprint density at radius 3 is 2.29 bits per heavy atom. The van der Waals surface area contributed by atoms with Crippen LogP contribution in [0, 0.1) is 6.92 Å². The Morgan fingerprint density at radius 2 is 1.67 bits per heavy atom. The van der Waals surface area contributed by atoms with Crippen molar-refractivity contribution in [2.24, 2.45) is 0 Å². The number of anilines is 1. The van der Waals surface area contributed by atoms with Crippen LogP contribution < -0.4 is 9.64 Å². The number of rotatable bonds is 3. The Hall–Kier alpha value is -2.31. The van der Waals surface area contributed by atoms with Gasteiger partial charge in [0.05, 0.1) is 5.69 Å². The van der Waals surface area contributed by atoms with Crippen molar-refractivity contribution in [1.82, 2.24) is 9.97 Å². The molecule has 0 aliphatic carbocycles. The SMILES string of the molecule is Cc1nc(C(F)(F)F)nc(N2CCCCC2)c1Oc1ccccc1. The zero-order valence-corrected chi connectivity index (χ0v) is 13.3. The lowest BCUT2D eigenvalue weighted by molar-refractivity contribution is -0.145. The number of halogens is 3. The molecule has 128 valence electrons. The first-order valence-corrected chi connectivity index (χ1v) is 7.89. The molecule has 0 N–H and O–H groups in total. The van der Waals surface area contributed by atoms with Gasteiger partial charge in [-0.15, -0.1) is 0 Å². The fourth-order valence-electron chi connectivity index (χ4n) is 2.72. The van der Waals surface area contributed by atoms with Crippen molar-refractivity contribution in [2.45, 2.75) is 32.4 Å². The molecule has 0 saturated carbocycles. The van der Waals surface area contributed by atoms with Gasteiger partial charge < -0.3 is 9.64 Å². The zero-order chi connectivity index (χ0) is 17.2. The fourth-order valence-corrected chi connectivity index (χ4v) is 2.72. The van der Waals surface area contributed by atoms with E-state index in [1.165, 1.54) is 6.92 Å². The molecular formula is C17H18F3N3O. The Labute approximate surface area is 138 Å². The van der Waals surface area contributed by atoms with Crippen molar-refractivity contribution in [3.8, 4) is 11.5 Å². The number of aromatic nitrogens is 2. The second kappa shape index (κ2) is 6.67. The lowest BCUT2D eigenvalue weighted by Gasteiger charge is -2.30. The molecule has 0 atom stereocenters. The Balaban J connectivity index is 2.04. The molecular weight excluding hydrogens is 319 g/mol. The first-order valence-electron chi connectivity index (χ1n) is 7.89. The van der Waals surface area contributed by atoms with Gasteiger partial charge in [0.2, 0.25) is 5.82 Å². The molecule has 4 nitrogen and oxygen atoms in total. The number of alkyl halides is 3. The highest BCUT2D eigenvalue weighted by Gasteiger charge is 2.37. The van der Waals surface area contributed by atoms with Crippen LogP contribution in [-0.4, -0.2) is 23.1 Å². The summed E-state index contributed by atoms with van der Waals surface area (Å²) in [4.78, 5) is 9.25. The lowest BCUT2D eigenvalue weighted by Crippen LogP contribution is -2.31. The Kier molecular flexibility index (Phi) is 4.59. The molecule has 1 aliphatic rings. The fraction of sp³-hybridized carbons (Fsp3) is 0.412. The van der Waals surface area contributed by atoms with Crippen LogP contribution in [-0.2, 0) is 6.18 Å². The van der Waals surface area contributed by atoms with Gasteiger partial charge in [-0.1, -0.05) is 18.2 Å². The zero-order valence-electron chi connectivity index (χ0n) is 13.3. The molecule has 2 heterocycles. The van der Waals surface area contributed by atoms with Crippen LogP contribution in [0.25, 0.3) is 0 Å². The van der Waals surface area contributed by atoms with Crippen molar-refractivity contribution in [3.05, 3.63) is 41.9 Å². The number of piperidine rings is 1. The van der Waals surface area contributed by atoms with Gasteiger partial charge >= 0.3 is 6.18 Å². The van der Waals surface area contributed by atoms with Crippen molar-refractivity contribution < 1.29 is 17.9 Å².